The molecule has 30 heavy (non-hydrogen) atoms. The van der Waals surface area contributed by atoms with Gasteiger partial charge >= 0.3 is 5.97 Å². The molecule has 0 unspecified atom stereocenters. The van der Waals surface area contributed by atoms with Crippen molar-refractivity contribution in [3.05, 3.63) is 0 Å². The Morgan fingerprint density at radius 1 is 1.07 bits per heavy atom. The van der Waals surface area contributed by atoms with Crippen molar-refractivity contribution in [1.82, 2.24) is 15.1 Å². The number of rotatable bonds is 6. The Morgan fingerprint density at radius 3 is 2.23 bits per heavy atom. The molecule has 0 spiro atoms. The first-order valence-corrected chi connectivity index (χ1v) is 11.2. The molecule has 1 N–H and O–H groups in total. The highest BCUT2D eigenvalue weighted by molar-refractivity contribution is 5.90. The molecular formula is C22H33N3O5. The third-order valence-electron chi connectivity index (χ3n) is 7.70. The lowest BCUT2D eigenvalue weighted by molar-refractivity contribution is -0.166. The van der Waals surface area contributed by atoms with Gasteiger partial charge in [0.1, 0.15) is 6.04 Å². The Balaban J connectivity index is 1.35. The maximum Gasteiger partial charge on any atom is 0.329 e. The van der Waals surface area contributed by atoms with E-state index in [-0.39, 0.29) is 23.8 Å². The summed E-state index contributed by atoms with van der Waals surface area (Å²) in [5.41, 5.74) is -0.277. The van der Waals surface area contributed by atoms with Gasteiger partial charge in [0.15, 0.2) is 6.61 Å². The summed E-state index contributed by atoms with van der Waals surface area (Å²) in [5.74, 6) is 0.908. The highest BCUT2D eigenvalue weighted by atomic mass is 16.5. The first-order chi connectivity index (χ1) is 14.3. The second-order valence-corrected chi connectivity index (χ2v) is 9.89. The number of carbonyl (C=O) groups is 4. The van der Waals surface area contributed by atoms with Crippen molar-refractivity contribution in [3.8, 4) is 0 Å². The summed E-state index contributed by atoms with van der Waals surface area (Å²) in [6, 6.07) is -0.595. The summed E-state index contributed by atoms with van der Waals surface area (Å²) in [7, 11) is 2.99. The predicted molar refractivity (Wildman–Crippen MR) is 108 cm³/mol. The van der Waals surface area contributed by atoms with E-state index in [9.17, 15) is 19.2 Å². The number of nitrogens with one attached hydrogen (secondary N) is 1. The van der Waals surface area contributed by atoms with Crippen molar-refractivity contribution in [2.24, 2.45) is 23.2 Å². The molecule has 8 nitrogen and oxygen atoms in total. The minimum atomic E-state index is -0.595. The molecule has 5 fully saturated rings. The molecule has 5 aliphatic rings. The van der Waals surface area contributed by atoms with E-state index in [4.69, 9.17) is 4.74 Å². The van der Waals surface area contributed by atoms with Crippen molar-refractivity contribution >= 4 is 23.7 Å². The van der Waals surface area contributed by atoms with Crippen molar-refractivity contribution in [2.45, 2.75) is 57.4 Å². The second-order valence-electron chi connectivity index (χ2n) is 9.89. The van der Waals surface area contributed by atoms with Crippen molar-refractivity contribution < 1.29 is 23.9 Å². The van der Waals surface area contributed by atoms with Crippen LogP contribution >= 0.6 is 0 Å². The molecule has 4 aliphatic carbocycles. The fourth-order valence-electron chi connectivity index (χ4n) is 6.65. The molecule has 5 rings (SSSR count). The average molecular weight is 420 g/mol. The van der Waals surface area contributed by atoms with Crippen LogP contribution in [0.4, 0.5) is 0 Å². The number of hydrogen-bond acceptors (Lipinski definition) is 5. The van der Waals surface area contributed by atoms with Crippen LogP contribution in [-0.4, -0.2) is 73.3 Å². The molecule has 4 bridgehead atoms. The number of esters is 1. The van der Waals surface area contributed by atoms with Gasteiger partial charge in [-0.3, -0.25) is 14.4 Å². The van der Waals surface area contributed by atoms with Gasteiger partial charge < -0.3 is 19.9 Å². The van der Waals surface area contributed by atoms with Crippen LogP contribution < -0.4 is 5.32 Å². The van der Waals surface area contributed by atoms with Crippen LogP contribution in [0.1, 0.15) is 51.4 Å². The smallest absolute Gasteiger partial charge is 0.329 e. The molecule has 166 valence electrons. The zero-order valence-corrected chi connectivity index (χ0v) is 18.0. The maximum absolute atomic E-state index is 13.6. The molecule has 0 radical (unpaired) electrons. The number of amides is 3. The van der Waals surface area contributed by atoms with E-state index in [0.29, 0.717) is 30.7 Å². The summed E-state index contributed by atoms with van der Waals surface area (Å²) in [6.45, 7) is 0.0834. The Kier molecular flexibility index (Phi) is 5.77. The van der Waals surface area contributed by atoms with E-state index in [1.807, 2.05) is 0 Å². The number of hydrogen-bond donors (Lipinski definition) is 1. The van der Waals surface area contributed by atoms with Gasteiger partial charge in [0, 0.05) is 20.6 Å². The average Bonchev–Trinajstić information content (AvgIpc) is 3.19. The molecule has 1 aliphatic heterocycles. The van der Waals surface area contributed by atoms with E-state index in [1.165, 1.54) is 38.3 Å². The minimum absolute atomic E-state index is 0.0903. The minimum Gasteiger partial charge on any atom is -0.454 e. The Labute approximate surface area is 177 Å². The second kappa shape index (κ2) is 8.19. The fourth-order valence-corrected chi connectivity index (χ4v) is 6.65. The molecule has 4 saturated carbocycles. The lowest BCUT2D eigenvalue weighted by atomic mass is 9.49. The van der Waals surface area contributed by atoms with Gasteiger partial charge in [0.25, 0.3) is 5.91 Å². The first kappa shape index (κ1) is 21.1. The van der Waals surface area contributed by atoms with Crippen LogP contribution in [-0.2, 0) is 23.9 Å². The number of nitrogens with zero attached hydrogens (tertiary/aromatic N) is 2. The lowest BCUT2D eigenvalue weighted by Gasteiger charge is -2.56. The van der Waals surface area contributed by atoms with Crippen molar-refractivity contribution in [1.29, 1.82) is 0 Å². The Morgan fingerprint density at radius 2 is 1.67 bits per heavy atom. The van der Waals surface area contributed by atoms with Gasteiger partial charge in [-0.1, -0.05) is 0 Å². The van der Waals surface area contributed by atoms with Crippen LogP contribution in [0.3, 0.4) is 0 Å². The molecule has 8 heteroatoms. The van der Waals surface area contributed by atoms with Crippen molar-refractivity contribution in [3.63, 3.8) is 0 Å². The summed E-state index contributed by atoms with van der Waals surface area (Å²) < 4.78 is 5.27. The molecular weight excluding hydrogens is 386 g/mol. The number of likely N-dealkylation sites (N-methyl/N-ethyl adjacent to an activating group) is 2. The normalized spacial score (nSPS) is 34.0. The third kappa shape index (κ3) is 3.93. The summed E-state index contributed by atoms with van der Waals surface area (Å²) >= 11 is 0. The quantitative estimate of drug-likeness (QED) is 0.647. The highest BCUT2D eigenvalue weighted by Gasteiger charge is 2.57. The Hall–Kier alpha value is -2.12. The van der Waals surface area contributed by atoms with Crippen LogP contribution in [0.15, 0.2) is 0 Å². The SMILES string of the molecule is CNC(=O)CN(C)C(=O)COC(=O)[C@@H]1CCCN1C(=O)C12CC3CC(CC(C3)C1)C2. The molecule has 0 aromatic heterocycles. The highest BCUT2D eigenvalue weighted by Crippen LogP contribution is 2.60. The van der Waals surface area contributed by atoms with Gasteiger partial charge in [-0.2, -0.15) is 0 Å². The van der Waals surface area contributed by atoms with Gasteiger partial charge in [-0.05, 0) is 69.1 Å². The van der Waals surface area contributed by atoms with E-state index in [0.717, 1.165) is 25.7 Å². The molecule has 1 saturated heterocycles. The van der Waals surface area contributed by atoms with Crippen LogP contribution in [0.5, 0.6) is 0 Å². The van der Waals surface area contributed by atoms with Crippen LogP contribution in [0, 0.1) is 23.2 Å². The topological polar surface area (TPSA) is 96.0 Å². The first-order valence-electron chi connectivity index (χ1n) is 11.2. The number of likely N-dealkylation sites (tertiary alicyclic amines) is 1. The molecule has 3 amide bonds. The zero-order valence-electron chi connectivity index (χ0n) is 18.0. The maximum atomic E-state index is 13.6. The largest absolute Gasteiger partial charge is 0.454 e. The molecule has 0 aromatic carbocycles. The zero-order chi connectivity index (χ0) is 21.5. The molecule has 0 aromatic rings. The number of carbonyl (C=O) groups excluding carboxylic acids is 4. The predicted octanol–water partition coefficient (Wildman–Crippen LogP) is 0.941. The van der Waals surface area contributed by atoms with E-state index < -0.39 is 24.5 Å². The summed E-state index contributed by atoms with van der Waals surface area (Å²) in [6.07, 6.45) is 8.08. The van der Waals surface area contributed by atoms with Crippen LogP contribution in [0.2, 0.25) is 0 Å². The lowest BCUT2D eigenvalue weighted by Crippen LogP contribution is -2.56. The van der Waals surface area contributed by atoms with Gasteiger partial charge in [-0.25, -0.2) is 4.79 Å². The van der Waals surface area contributed by atoms with E-state index in [1.54, 1.807) is 4.90 Å². The molecule has 1 atom stereocenters. The number of ether oxygens (including phenoxy) is 1. The summed E-state index contributed by atoms with van der Waals surface area (Å²) in [5, 5.41) is 2.45. The fraction of sp³-hybridized carbons (Fsp3) is 0.818. The van der Waals surface area contributed by atoms with Gasteiger partial charge in [-0.15, -0.1) is 0 Å². The van der Waals surface area contributed by atoms with E-state index >= 15 is 0 Å². The van der Waals surface area contributed by atoms with Gasteiger partial charge in [0.2, 0.25) is 11.8 Å². The van der Waals surface area contributed by atoms with Crippen LogP contribution in [0.25, 0.3) is 0 Å². The standard InChI is InChI=1S/C22H33N3O5/c1-23-18(26)12-24(2)19(27)13-30-20(28)17-4-3-5-25(17)21(29)22-9-14-6-15(10-22)8-16(7-14)11-22/h14-17H,3-13H2,1-2H3,(H,23,26)/t14?,15?,16?,17-,22?/m0/s1. The summed E-state index contributed by atoms with van der Waals surface area (Å²) in [4.78, 5) is 52.8. The molecule has 1 heterocycles. The van der Waals surface area contributed by atoms with Crippen molar-refractivity contribution in [2.75, 3.05) is 33.8 Å². The van der Waals surface area contributed by atoms with Gasteiger partial charge in [0.05, 0.1) is 12.0 Å². The van der Waals surface area contributed by atoms with E-state index in [2.05, 4.69) is 5.32 Å². The monoisotopic (exact) mass is 419 g/mol. The third-order valence-corrected chi connectivity index (χ3v) is 7.70. The Bertz CT molecular complexity index is 701.